The molecule has 1 aliphatic rings. The van der Waals surface area contributed by atoms with Gasteiger partial charge in [0.15, 0.2) is 0 Å². The molecule has 1 N–H and O–H groups in total. The number of carboxylic acid groups (broad SMARTS) is 1. The Morgan fingerprint density at radius 3 is 2.19 bits per heavy atom. The lowest BCUT2D eigenvalue weighted by atomic mass is 9.99. The van der Waals surface area contributed by atoms with E-state index in [0.717, 1.165) is 24.3 Å². The third-order valence-corrected chi connectivity index (χ3v) is 3.68. The third kappa shape index (κ3) is 3.17. The molecule has 1 aliphatic heterocycles. The molecule has 114 valence electrons. The van der Waals surface area contributed by atoms with E-state index < -0.39 is 29.5 Å². The number of rotatable bonds is 2. The van der Waals surface area contributed by atoms with Gasteiger partial charge in [-0.15, -0.1) is 0 Å². The molecule has 0 radical (unpaired) electrons. The van der Waals surface area contributed by atoms with Crippen LogP contribution in [0.15, 0.2) is 24.3 Å². The molecule has 2 atom stereocenters. The van der Waals surface area contributed by atoms with E-state index in [9.17, 15) is 22.8 Å². The zero-order valence-corrected chi connectivity index (χ0v) is 11.2. The van der Waals surface area contributed by atoms with Crippen molar-refractivity contribution in [1.29, 1.82) is 0 Å². The van der Waals surface area contributed by atoms with E-state index in [-0.39, 0.29) is 24.6 Å². The van der Waals surface area contributed by atoms with Crippen LogP contribution in [0.5, 0.6) is 0 Å². The van der Waals surface area contributed by atoms with Crippen LogP contribution in [0.1, 0.15) is 22.8 Å². The smallest absolute Gasteiger partial charge is 0.416 e. The Bertz CT molecular complexity index is 554. The molecule has 2 rings (SSSR count). The Balaban J connectivity index is 2.13. The number of aliphatic carboxylic acids is 1. The summed E-state index contributed by atoms with van der Waals surface area (Å²) in [4.78, 5) is 24.5. The summed E-state index contributed by atoms with van der Waals surface area (Å²) in [5, 5.41) is 9.02. The van der Waals surface area contributed by atoms with E-state index >= 15 is 0 Å². The predicted molar refractivity (Wildman–Crippen MR) is 67.6 cm³/mol. The van der Waals surface area contributed by atoms with Crippen molar-refractivity contribution in [2.24, 2.45) is 11.8 Å². The summed E-state index contributed by atoms with van der Waals surface area (Å²) in [6.07, 6.45) is -4.45. The zero-order chi connectivity index (χ0) is 15.8. The molecule has 0 bridgehead atoms. The van der Waals surface area contributed by atoms with Gasteiger partial charge in [-0.25, -0.2) is 0 Å². The molecule has 0 saturated carbocycles. The second kappa shape index (κ2) is 5.38. The summed E-state index contributed by atoms with van der Waals surface area (Å²) in [6.45, 7) is 2.10. The van der Waals surface area contributed by atoms with Crippen LogP contribution >= 0.6 is 0 Å². The molecule has 0 aromatic heterocycles. The summed E-state index contributed by atoms with van der Waals surface area (Å²) in [7, 11) is 0. The molecular formula is C14H14F3NO3. The number of likely N-dealkylation sites (tertiary alicyclic amines) is 1. The summed E-state index contributed by atoms with van der Waals surface area (Å²) in [5.74, 6) is -2.23. The molecule has 1 aromatic carbocycles. The predicted octanol–water partition coefficient (Wildman–Crippen LogP) is 2.50. The van der Waals surface area contributed by atoms with Crippen molar-refractivity contribution in [3.63, 3.8) is 0 Å². The van der Waals surface area contributed by atoms with Crippen molar-refractivity contribution >= 4 is 11.9 Å². The lowest BCUT2D eigenvalue weighted by Gasteiger charge is -2.16. The molecule has 1 saturated heterocycles. The number of carbonyl (C=O) groups excluding carboxylic acids is 1. The fourth-order valence-electron chi connectivity index (χ4n) is 2.44. The van der Waals surface area contributed by atoms with E-state index in [4.69, 9.17) is 5.11 Å². The number of carboxylic acids is 1. The number of alkyl halides is 3. The second-order valence-electron chi connectivity index (χ2n) is 5.21. The van der Waals surface area contributed by atoms with Crippen LogP contribution in [0.3, 0.4) is 0 Å². The van der Waals surface area contributed by atoms with Crippen LogP contribution in [0, 0.1) is 11.8 Å². The standard InChI is InChI=1S/C14H14F3NO3/c1-8-6-18(7-11(8)13(20)21)12(19)9-2-4-10(5-3-9)14(15,16)17/h2-5,8,11H,6-7H2,1H3,(H,20,21)/t8-,11-/m1/s1. The van der Waals surface area contributed by atoms with Crippen LogP contribution in [-0.4, -0.2) is 35.0 Å². The van der Waals surface area contributed by atoms with Gasteiger partial charge in [-0.3, -0.25) is 9.59 Å². The molecule has 0 unspecified atom stereocenters. The maximum atomic E-state index is 12.5. The van der Waals surface area contributed by atoms with Crippen LogP contribution in [0.25, 0.3) is 0 Å². The molecule has 21 heavy (non-hydrogen) atoms. The molecule has 1 fully saturated rings. The van der Waals surface area contributed by atoms with Crippen LogP contribution in [0.2, 0.25) is 0 Å². The van der Waals surface area contributed by atoms with E-state index in [0.29, 0.717) is 0 Å². The van der Waals surface area contributed by atoms with Crippen LogP contribution < -0.4 is 0 Å². The van der Waals surface area contributed by atoms with Gasteiger partial charge in [0.2, 0.25) is 0 Å². The average molecular weight is 301 g/mol. The second-order valence-corrected chi connectivity index (χ2v) is 5.21. The highest BCUT2D eigenvalue weighted by Gasteiger charge is 2.37. The minimum Gasteiger partial charge on any atom is -0.481 e. The maximum absolute atomic E-state index is 12.5. The molecule has 7 heteroatoms. The van der Waals surface area contributed by atoms with Crippen molar-refractivity contribution in [2.45, 2.75) is 13.1 Å². The first-order valence-corrected chi connectivity index (χ1v) is 6.39. The highest BCUT2D eigenvalue weighted by Crippen LogP contribution is 2.30. The van der Waals surface area contributed by atoms with Gasteiger partial charge in [-0.05, 0) is 30.2 Å². The third-order valence-electron chi connectivity index (χ3n) is 3.68. The fourth-order valence-corrected chi connectivity index (χ4v) is 2.44. The van der Waals surface area contributed by atoms with Crippen molar-refractivity contribution in [2.75, 3.05) is 13.1 Å². The van der Waals surface area contributed by atoms with Gasteiger partial charge >= 0.3 is 12.1 Å². The van der Waals surface area contributed by atoms with Gasteiger partial charge in [0, 0.05) is 18.7 Å². The highest BCUT2D eigenvalue weighted by molar-refractivity contribution is 5.94. The zero-order valence-electron chi connectivity index (χ0n) is 11.2. The molecule has 1 amide bonds. The lowest BCUT2D eigenvalue weighted by Crippen LogP contribution is -2.30. The van der Waals surface area contributed by atoms with E-state index in [1.54, 1.807) is 6.92 Å². The van der Waals surface area contributed by atoms with Gasteiger partial charge < -0.3 is 10.0 Å². The van der Waals surface area contributed by atoms with Crippen molar-refractivity contribution < 1.29 is 27.9 Å². The largest absolute Gasteiger partial charge is 0.481 e. The topological polar surface area (TPSA) is 57.6 Å². The van der Waals surface area contributed by atoms with Crippen LogP contribution in [-0.2, 0) is 11.0 Å². The molecule has 0 aliphatic carbocycles. The van der Waals surface area contributed by atoms with Gasteiger partial charge in [0.05, 0.1) is 11.5 Å². The first kappa shape index (κ1) is 15.3. The van der Waals surface area contributed by atoms with E-state index in [1.165, 1.54) is 4.90 Å². The molecule has 1 aromatic rings. The van der Waals surface area contributed by atoms with Gasteiger partial charge in [0.25, 0.3) is 5.91 Å². The van der Waals surface area contributed by atoms with Crippen LogP contribution in [0.4, 0.5) is 13.2 Å². The SMILES string of the molecule is C[C@@H]1CN(C(=O)c2ccc(C(F)(F)F)cc2)C[C@H]1C(=O)O. The highest BCUT2D eigenvalue weighted by atomic mass is 19.4. The average Bonchev–Trinajstić information content (AvgIpc) is 2.79. The monoisotopic (exact) mass is 301 g/mol. The molecule has 4 nitrogen and oxygen atoms in total. The number of hydrogen-bond donors (Lipinski definition) is 1. The fraction of sp³-hybridized carbons (Fsp3) is 0.429. The first-order chi connectivity index (χ1) is 9.70. The minimum absolute atomic E-state index is 0.0797. The molecule has 1 heterocycles. The Morgan fingerprint density at radius 2 is 1.76 bits per heavy atom. The normalized spacial score (nSPS) is 22.4. The quantitative estimate of drug-likeness (QED) is 0.913. The Labute approximate surface area is 119 Å². The van der Waals surface area contributed by atoms with Gasteiger partial charge in [-0.2, -0.15) is 13.2 Å². The van der Waals surface area contributed by atoms with Gasteiger partial charge in [-0.1, -0.05) is 6.92 Å². The Hall–Kier alpha value is -2.05. The van der Waals surface area contributed by atoms with Gasteiger partial charge in [0.1, 0.15) is 0 Å². The summed E-state index contributed by atoms with van der Waals surface area (Å²) in [5.41, 5.74) is -0.696. The number of benzene rings is 1. The number of halogens is 3. The molecule has 0 spiro atoms. The number of amides is 1. The van der Waals surface area contributed by atoms with Crippen molar-refractivity contribution in [3.05, 3.63) is 35.4 Å². The Morgan fingerprint density at radius 1 is 1.19 bits per heavy atom. The van der Waals surface area contributed by atoms with Crippen molar-refractivity contribution in [3.8, 4) is 0 Å². The van der Waals surface area contributed by atoms with E-state index in [2.05, 4.69) is 0 Å². The first-order valence-electron chi connectivity index (χ1n) is 6.39. The van der Waals surface area contributed by atoms with Crippen molar-refractivity contribution in [1.82, 2.24) is 4.90 Å². The Kier molecular flexibility index (Phi) is 3.93. The molecular weight excluding hydrogens is 287 g/mol. The summed E-state index contributed by atoms with van der Waals surface area (Å²) >= 11 is 0. The number of nitrogens with zero attached hydrogens (tertiary/aromatic N) is 1. The maximum Gasteiger partial charge on any atom is 0.416 e. The number of carbonyl (C=O) groups is 2. The minimum atomic E-state index is -4.45. The summed E-state index contributed by atoms with van der Waals surface area (Å²) in [6, 6.07) is 3.93. The number of hydrogen-bond acceptors (Lipinski definition) is 2. The summed E-state index contributed by atoms with van der Waals surface area (Å²) < 4.78 is 37.4. The van der Waals surface area contributed by atoms with E-state index in [1.807, 2.05) is 0 Å². The lowest BCUT2D eigenvalue weighted by molar-refractivity contribution is -0.142.